The van der Waals surface area contributed by atoms with E-state index >= 15 is 0 Å². The van der Waals surface area contributed by atoms with Crippen LogP contribution in [0.15, 0.2) is 78.0 Å². The minimum absolute atomic E-state index is 0.0515. The van der Waals surface area contributed by atoms with Crippen molar-refractivity contribution in [1.29, 1.82) is 0 Å². The van der Waals surface area contributed by atoms with E-state index in [1.54, 1.807) is 30.5 Å². The number of hydrogen-bond acceptors (Lipinski definition) is 9. The first kappa shape index (κ1) is 31.0. The molecule has 4 heterocycles. The monoisotopic (exact) mass is 656 g/mol. The molecule has 1 aliphatic carbocycles. The Bertz CT molecular complexity index is 2070. The molecule has 11 nitrogen and oxygen atoms in total. The predicted octanol–water partition coefficient (Wildman–Crippen LogP) is 4.38. The topological polar surface area (TPSA) is 118 Å². The van der Waals surface area contributed by atoms with Gasteiger partial charge in [-0.05, 0) is 61.9 Å². The van der Waals surface area contributed by atoms with Gasteiger partial charge in [0.15, 0.2) is 0 Å². The van der Waals surface area contributed by atoms with Gasteiger partial charge in [-0.1, -0.05) is 31.0 Å². The van der Waals surface area contributed by atoms with E-state index < -0.39 is 26.6 Å². The number of benzene rings is 2. The predicted molar refractivity (Wildman–Crippen MR) is 180 cm³/mol. The van der Waals surface area contributed by atoms with Crippen LogP contribution in [0.4, 0.5) is 21.7 Å². The van der Waals surface area contributed by atoms with Gasteiger partial charge in [-0.2, -0.15) is 4.98 Å². The molecule has 0 atom stereocenters. The lowest BCUT2D eigenvalue weighted by atomic mass is 10.0. The molecular weight excluding hydrogens is 619 g/mol. The summed E-state index contributed by atoms with van der Waals surface area (Å²) in [6.45, 7) is 3.82. The van der Waals surface area contributed by atoms with Crippen molar-refractivity contribution in [2.45, 2.75) is 43.9 Å². The van der Waals surface area contributed by atoms with Crippen molar-refractivity contribution in [3.63, 3.8) is 0 Å². The van der Waals surface area contributed by atoms with E-state index in [-0.39, 0.29) is 24.7 Å². The number of pyridine rings is 1. The van der Waals surface area contributed by atoms with E-state index in [2.05, 4.69) is 44.3 Å². The average Bonchev–Trinajstić information content (AvgIpc) is 3.79. The molecule has 0 bridgehead atoms. The molecule has 0 spiro atoms. The third-order valence-corrected chi connectivity index (χ3v) is 11.4. The Kier molecular flexibility index (Phi) is 8.50. The van der Waals surface area contributed by atoms with Crippen molar-refractivity contribution in [2.24, 2.45) is 0 Å². The van der Waals surface area contributed by atoms with Gasteiger partial charge in [0.1, 0.15) is 17.3 Å². The fraction of sp³-hybridized carbons (Fsp3) is 0.353. The van der Waals surface area contributed by atoms with Crippen LogP contribution in [0.3, 0.4) is 0 Å². The minimum atomic E-state index is -3.70. The summed E-state index contributed by atoms with van der Waals surface area (Å²) in [6.07, 6.45) is 7.46. The zero-order valence-corrected chi connectivity index (χ0v) is 27.0. The van der Waals surface area contributed by atoms with Gasteiger partial charge in [-0.3, -0.25) is 9.36 Å². The summed E-state index contributed by atoms with van der Waals surface area (Å²) in [4.78, 5) is 32.4. The number of rotatable bonds is 9. The summed E-state index contributed by atoms with van der Waals surface area (Å²) in [7, 11) is -1.57. The highest BCUT2D eigenvalue weighted by Gasteiger charge is 2.32. The van der Waals surface area contributed by atoms with Crippen LogP contribution < -0.4 is 15.8 Å². The van der Waals surface area contributed by atoms with E-state index in [0.717, 1.165) is 50.4 Å². The number of nitrogens with one attached hydrogen (secondary N) is 1. The lowest BCUT2D eigenvalue weighted by Crippen LogP contribution is -2.44. The number of anilines is 3. The zero-order valence-electron chi connectivity index (χ0n) is 26.2. The van der Waals surface area contributed by atoms with Crippen molar-refractivity contribution in [3.8, 4) is 0 Å². The average molecular weight is 657 g/mol. The molecule has 1 saturated carbocycles. The molecule has 3 aromatic heterocycles. The molecule has 47 heavy (non-hydrogen) atoms. The largest absolute Gasteiger partial charge is 0.369 e. The van der Waals surface area contributed by atoms with Crippen LogP contribution in [0.5, 0.6) is 0 Å². The molecule has 0 unspecified atom stereocenters. The van der Waals surface area contributed by atoms with Crippen molar-refractivity contribution < 1.29 is 12.8 Å². The molecular formula is C34H37FN8O3S. The third kappa shape index (κ3) is 6.37. The number of nitrogens with zero attached hydrogens (tertiary/aromatic N) is 7. The molecule has 2 aliphatic rings. The SMILES string of the molecule is CN1CCN(c2ccc(Nc3ncc4cc(Cc5ccccc5F)c(=O)n(Cc5nccn5S(=O)(=O)C5CCCC5)c4n3)cc2)CC1. The summed E-state index contributed by atoms with van der Waals surface area (Å²) in [6, 6.07) is 16.1. The quantitative estimate of drug-likeness (QED) is 0.247. The Morgan fingerprint density at radius 1 is 0.957 bits per heavy atom. The standard InChI is InChI=1S/C34H37FN8O3S/c1-40-16-18-41(19-17-40)28-12-10-27(11-13-28)38-34-37-22-26-21-25(20-24-6-2-5-9-30(24)35)33(44)42(32(26)39-34)23-31-36-14-15-43(31)47(45,46)29-7-3-4-8-29/h2,5-6,9-15,21-22,29H,3-4,7-8,16-20,23H2,1H3,(H,37,38,39). The second-order valence-corrected chi connectivity index (χ2v) is 14.4. The van der Waals surface area contributed by atoms with Crippen molar-refractivity contribution in [3.05, 3.63) is 106 Å². The van der Waals surface area contributed by atoms with E-state index in [0.29, 0.717) is 35.0 Å². The highest BCUT2D eigenvalue weighted by molar-refractivity contribution is 7.90. The number of piperazine rings is 1. The minimum Gasteiger partial charge on any atom is -0.369 e. The molecule has 1 N–H and O–H groups in total. The third-order valence-electron chi connectivity index (χ3n) is 9.21. The lowest BCUT2D eigenvalue weighted by molar-refractivity contribution is 0.313. The van der Waals surface area contributed by atoms with Crippen molar-refractivity contribution >= 4 is 38.4 Å². The van der Waals surface area contributed by atoms with Crippen LogP contribution in [-0.2, 0) is 23.0 Å². The van der Waals surface area contributed by atoms with Gasteiger partial charge >= 0.3 is 0 Å². The van der Waals surface area contributed by atoms with Crippen molar-refractivity contribution in [1.82, 2.24) is 28.4 Å². The van der Waals surface area contributed by atoms with Gasteiger partial charge < -0.3 is 15.1 Å². The number of likely N-dealkylation sites (N-methyl/N-ethyl adjacent to an activating group) is 1. The van der Waals surface area contributed by atoms with Crippen LogP contribution in [0, 0.1) is 5.82 Å². The summed E-state index contributed by atoms with van der Waals surface area (Å²) < 4.78 is 44.4. The van der Waals surface area contributed by atoms with E-state index in [9.17, 15) is 17.6 Å². The Morgan fingerprint density at radius 3 is 2.45 bits per heavy atom. The van der Waals surface area contributed by atoms with Crippen LogP contribution in [0.1, 0.15) is 42.6 Å². The Morgan fingerprint density at radius 2 is 1.70 bits per heavy atom. The second kappa shape index (κ2) is 12.9. The van der Waals surface area contributed by atoms with Gasteiger partial charge in [0.25, 0.3) is 5.56 Å². The Balaban J connectivity index is 1.24. The molecule has 5 aromatic rings. The molecule has 0 radical (unpaired) electrons. The summed E-state index contributed by atoms with van der Waals surface area (Å²) in [5, 5.41) is 3.31. The number of aromatic nitrogens is 5. The van der Waals surface area contributed by atoms with Crippen LogP contribution in [0.25, 0.3) is 11.0 Å². The van der Waals surface area contributed by atoms with Crippen LogP contribution >= 0.6 is 0 Å². The van der Waals surface area contributed by atoms with Gasteiger partial charge in [0, 0.05) is 73.5 Å². The maximum Gasteiger partial charge on any atom is 0.256 e. The highest BCUT2D eigenvalue weighted by atomic mass is 32.2. The number of halogens is 1. The van der Waals surface area contributed by atoms with Crippen LogP contribution in [0.2, 0.25) is 0 Å². The van der Waals surface area contributed by atoms with Gasteiger partial charge in [-0.15, -0.1) is 0 Å². The normalized spacial score (nSPS) is 16.3. The maximum atomic E-state index is 14.6. The molecule has 13 heteroatoms. The van der Waals surface area contributed by atoms with E-state index in [1.165, 1.54) is 27.0 Å². The molecule has 2 fully saturated rings. The molecule has 244 valence electrons. The first-order chi connectivity index (χ1) is 22.8. The maximum absolute atomic E-state index is 14.6. The number of hydrogen-bond donors (Lipinski definition) is 1. The summed E-state index contributed by atoms with van der Waals surface area (Å²) in [5.41, 5.74) is 2.54. The van der Waals surface area contributed by atoms with Crippen molar-refractivity contribution in [2.75, 3.05) is 43.4 Å². The zero-order chi connectivity index (χ0) is 32.5. The van der Waals surface area contributed by atoms with Gasteiger partial charge in [0.05, 0.1) is 11.8 Å². The first-order valence-corrected chi connectivity index (χ1v) is 17.5. The second-order valence-electron chi connectivity index (χ2n) is 12.4. The smallest absolute Gasteiger partial charge is 0.256 e. The van der Waals surface area contributed by atoms with Gasteiger partial charge in [0.2, 0.25) is 16.0 Å². The fourth-order valence-electron chi connectivity index (χ4n) is 6.50. The molecule has 1 saturated heterocycles. The molecule has 2 aromatic carbocycles. The first-order valence-electron chi connectivity index (χ1n) is 16.0. The lowest BCUT2D eigenvalue weighted by Gasteiger charge is -2.34. The number of fused-ring (bicyclic) bond motifs is 1. The fourth-order valence-corrected chi connectivity index (χ4v) is 8.38. The summed E-state index contributed by atoms with van der Waals surface area (Å²) in [5.74, 6) is 0.0731. The molecule has 0 amide bonds. The Labute approximate surface area is 272 Å². The number of imidazole rings is 1. The van der Waals surface area contributed by atoms with E-state index in [1.807, 2.05) is 12.1 Å². The molecule has 1 aliphatic heterocycles. The Hall–Kier alpha value is -4.62. The summed E-state index contributed by atoms with van der Waals surface area (Å²) >= 11 is 0. The highest BCUT2D eigenvalue weighted by Crippen LogP contribution is 2.27. The van der Waals surface area contributed by atoms with Crippen LogP contribution in [-0.4, -0.2) is 75.3 Å². The molecule has 7 rings (SSSR count). The van der Waals surface area contributed by atoms with Gasteiger partial charge in [-0.25, -0.2) is 26.7 Å². The van der Waals surface area contributed by atoms with E-state index in [4.69, 9.17) is 4.98 Å².